The highest BCUT2D eigenvalue weighted by Crippen LogP contribution is 2.37. The topological polar surface area (TPSA) is 69.6 Å². The Morgan fingerprint density at radius 3 is 2.88 bits per heavy atom. The predicted octanol–water partition coefficient (Wildman–Crippen LogP) is 1.47. The van der Waals surface area contributed by atoms with E-state index < -0.39 is 17.6 Å². The number of carbonyl (C=O) groups is 1. The fourth-order valence-electron chi connectivity index (χ4n) is 2.39. The minimum Gasteiger partial charge on any atom is -0.481 e. The van der Waals surface area contributed by atoms with Crippen LogP contribution in [0.1, 0.15) is 18.4 Å². The summed E-state index contributed by atoms with van der Waals surface area (Å²) in [6, 6.07) is 7.61. The molecule has 0 amide bonds. The van der Waals surface area contributed by atoms with Crippen LogP contribution in [-0.2, 0) is 10.2 Å². The lowest BCUT2D eigenvalue weighted by atomic mass is 9.76. The summed E-state index contributed by atoms with van der Waals surface area (Å²) in [6.07, 6.45) is -0.183. The van der Waals surface area contributed by atoms with Gasteiger partial charge in [-0.1, -0.05) is 28.1 Å². The van der Waals surface area contributed by atoms with E-state index in [1.54, 1.807) is 0 Å². The molecule has 0 radical (unpaired) electrons. The molecule has 2 rings (SSSR count). The average Bonchev–Trinajstić information content (AvgIpc) is 2.60. The zero-order chi connectivity index (χ0) is 12.5. The van der Waals surface area contributed by atoms with Gasteiger partial charge in [-0.15, -0.1) is 0 Å². The maximum absolute atomic E-state index is 11.0. The van der Waals surface area contributed by atoms with Gasteiger partial charge in [0.25, 0.3) is 0 Å². The number of hydrogen-bond acceptors (Lipinski definition) is 3. The third-order valence-electron chi connectivity index (χ3n) is 3.19. The second-order valence-corrected chi connectivity index (χ2v) is 5.38. The van der Waals surface area contributed by atoms with Crippen molar-refractivity contribution in [1.82, 2.24) is 5.32 Å². The molecule has 17 heavy (non-hydrogen) atoms. The van der Waals surface area contributed by atoms with Crippen molar-refractivity contribution in [3.8, 4) is 0 Å². The van der Waals surface area contributed by atoms with E-state index in [0.29, 0.717) is 13.0 Å². The van der Waals surface area contributed by atoms with E-state index in [2.05, 4.69) is 21.2 Å². The van der Waals surface area contributed by atoms with E-state index in [1.807, 2.05) is 24.3 Å². The van der Waals surface area contributed by atoms with Crippen molar-refractivity contribution in [2.75, 3.05) is 6.54 Å². The summed E-state index contributed by atoms with van der Waals surface area (Å²) in [5.41, 5.74) is 0.424. The lowest BCUT2D eigenvalue weighted by Crippen LogP contribution is -2.31. The average molecular weight is 300 g/mol. The molecule has 0 aliphatic carbocycles. The molecule has 0 spiro atoms. The predicted molar refractivity (Wildman–Crippen MR) is 66.7 cm³/mol. The van der Waals surface area contributed by atoms with E-state index >= 15 is 0 Å². The van der Waals surface area contributed by atoms with Gasteiger partial charge in [0.1, 0.15) is 6.23 Å². The molecule has 1 aliphatic heterocycles. The van der Waals surface area contributed by atoms with Crippen molar-refractivity contribution in [2.45, 2.75) is 24.5 Å². The smallest absolute Gasteiger partial charge is 0.304 e. The first kappa shape index (κ1) is 12.5. The number of aliphatic hydroxyl groups is 1. The van der Waals surface area contributed by atoms with E-state index in [0.717, 1.165) is 10.0 Å². The summed E-state index contributed by atoms with van der Waals surface area (Å²) >= 11 is 3.38. The minimum atomic E-state index is -0.846. The van der Waals surface area contributed by atoms with Gasteiger partial charge in [-0.05, 0) is 24.1 Å². The Kier molecular flexibility index (Phi) is 3.51. The summed E-state index contributed by atoms with van der Waals surface area (Å²) < 4.78 is 0.918. The number of nitrogens with one attached hydrogen (secondary N) is 1. The van der Waals surface area contributed by atoms with Gasteiger partial charge >= 0.3 is 5.97 Å². The van der Waals surface area contributed by atoms with E-state index in [4.69, 9.17) is 5.11 Å². The molecule has 3 N–H and O–H groups in total. The zero-order valence-corrected chi connectivity index (χ0v) is 10.8. The highest BCUT2D eigenvalue weighted by atomic mass is 79.9. The minimum absolute atomic E-state index is 0.0213. The number of aliphatic carboxylic acids is 1. The SMILES string of the molecule is O=C(O)CC1(c2cccc(Br)c2)CNC(O)C1. The van der Waals surface area contributed by atoms with Crippen molar-refractivity contribution >= 4 is 21.9 Å². The fourth-order valence-corrected chi connectivity index (χ4v) is 2.79. The molecule has 2 atom stereocenters. The molecule has 1 aromatic rings. The van der Waals surface area contributed by atoms with Crippen LogP contribution in [0, 0.1) is 0 Å². The summed E-state index contributed by atoms with van der Waals surface area (Å²) in [6.45, 7) is 0.483. The molecule has 5 heteroatoms. The van der Waals surface area contributed by atoms with Crippen molar-refractivity contribution in [1.29, 1.82) is 0 Å². The number of aliphatic hydroxyl groups excluding tert-OH is 1. The van der Waals surface area contributed by atoms with Gasteiger partial charge in [0.2, 0.25) is 0 Å². The third kappa shape index (κ3) is 2.68. The molecule has 1 saturated heterocycles. The number of hydrogen-bond donors (Lipinski definition) is 3. The van der Waals surface area contributed by atoms with Crippen LogP contribution in [0.15, 0.2) is 28.7 Å². The van der Waals surface area contributed by atoms with Gasteiger partial charge in [0.05, 0.1) is 6.42 Å². The Morgan fingerprint density at radius 2 is 2.35 bits per heavy atom. The summed E-state index contributed by atoms with van der Waals surface area (Å²) in [5.74, 6) is -0.846. The van der Waals surface area contributed by atoms with E-state index in [1.165, 1.54) is 0 Å². The number of benzene rings is 1. The lowest BCUT2D eigenvalue weighted by Gasteiger charge is -2.27. The van der Waals surface area contributed by atoms with Crippen LogP contribution in [-0.4, -0.2) is 29.0 Å². The Bertz CT molecular complexity index is 438. The summed E-state index contributed by atoms with van der Waals surface area (Å²) in [4.78, 5) is 11.0. The Hall–Kier alpha value is -0.910. The normalized spacial score (nSPS) is 28.2. The van der Waals surface area contributed by atoms with Gasteiger partial charge in [0, 0.05) is 16.4 Å². The highest BCUT2D eigenvalue weighted by Gasteiger charge is 2.41. The maximum Gasteiger partial charge on any atom is 0.304 e. The standard InChI is InChI=1S/C12H14BrNO3/c13-9-3-1-2-8(4-9)12(6-11(16)17)5-10(15)14-7-12/h1-4,10,14-15H,5-7H2,(H,16,17). The molecule has 2 unspecified atom stereocenters. The second-order valence-electron chi connectivity index (χ2n) is 4.46. The first-order valence-electron chi connectivity index (χ1n) is 5.41. The van der Waals surface area contributed by atoms with Crippen molar-refractivity contribution in [3.05, 3.63) is 34.3 Å². The molecule has 1 heterocycles. The van der Waals surface area contributed by atoms with Crippen molar-refractivity contribution in [2.24, 2.45) is 0 Å². The van der Waals surface area contributed by atoms with Crippen LogP contribution in [0.2, 0.25) is 0 Å². The zero-order valence-electron chi connectivity index (χ0n) is 9.19. The van der Waals surface area contributed by atoms with Crippen LogP contribution >= 0.6 is 15.9 Å². The van der Waals surface area contributed by atoms with Crippen LogP contribution in [0.3, 0.4) is 0 Å². The first-order valence-corrected chi connectivity index (χ1v) is 6.20. The molecule has 0 aromatic heterocycles. The third-order valence-corrected chi connectivity index (χ3v) is 3.68. The largest absolute Gasteiger partial charge is 0.481 e. The Morgan fingerprint density at radius 1 is 1.59 bits per heavy atom. The summed E-state index contributed by atoms with van der Waals surface area (Å²) in [5, 5.41) is 21.5. The number of rotatable bonds is 3. The van der Waals surface area contributed by atoms with Gasteiger partial charge in [-0.2, -0.15) is 0 Å². The molecule has 1 aliphatic rings. The van der Waals surface area contributed by atoms with Crippen molar-refractivity contribution in [3.63, 3.8) is 0 Å². The fraction of sp³-hybridized carbons (Fsp3) is 0.417. The van der Waals surface area contributed by atoms with Gasteiger partial charge in [-0.25, -0.2) is 0 Å². The van der Waals surface area contributed by atoms with Gasteiger partial charge < -0.3 is 10.2 Å². The maximum atomic E-state index is 11.0. The Labute approximate surface area is 108 Å². The first-order chi connectivity index (χ1) is 8.02. The molecule has 0 saturated carbocycles. The van der Waals surface area contributed by atoms with Crippen LogP contribution < -0.4 is 5.32 Å². The number of carboxylic acids is 1. The van der Waals surface area contributed by atoms with E-state index in [-0.39, 0.29) is 6.42 Å². The lowest BCUT2D eigenvalue weighted by molar-refractivity contribution is -0.138. The monoisotopic (exact) mass is 299 g/mol. The van der Waals surface area contributed by atoms with Crippen LogP contribution in [0.5, 0.6) is 0 Å². The highest BCUT2D eigenvalue weighted by molar-refractivity contribution is 9.10. The van der Waals surface area contributed by atoms with Crippen LogP contribution in [0.25, 0.3) is 0 Å². The number of halogens is 1. The number of carboxylic acid groups (broad SMARTS) is 1. The molecular weight excluding hydrogens is 286 g/mol. The quantitative estimate of drug-likeness (QED) is 0.791. The molecule has 4 nitrogen and oxygen atoms in total. The van der Waals surface area contributed by atoms with Gasteiger partial charge in [-0.3, -0.25) is 10.1 Å². The van der Waals surface area contributed by atoms with Gasteiger partial charge in [0.15, 0.2) is 0 Å². The molecule has 1 aromatic carbocycles. The second kappa shape index (κ2) is 4.76. The molecular formula is C12H14BrNO3. The van der Waals surface area contributed by atoms with Crippen molar-refractivity contribution < 1.29 is 15.0 Å². The molecule has 1 fully saturated rings. The summed E-state index contributed by atoms with van der Waals surface area (Å²) in [7, 11) is 0. The molecule has 92 valence electrons. The Balaban J connectivity index is 2.36. The van der Waals surface area contributed by atoms with E-state index in [9.17, 15) is 9.90 Å². The molecule has 0 bridgehead atoms. The van der Waals surface area contributed by atoms with Crippen LogP contribution in [0.4, 0.5) is 0 Å².